The van der Waals surface area contributed by atoms with Crippen molar-refractivity contribution in [1.29, 1.82) is 0 Å². The molecule has 0 aliphatic carbocycles. The molecule has 0 bridgehead atoms. The number of hydrogen-bond donors (Lipinski definition) is 3. The Labute approximate surface area is 577 Å². The lowest BCUT2D eigenvalue weighted by Gasteiger charge is -2.47. The molecule has 90 heavy (non-hydrogen) atoms. The third-order valence-corrected chi connectivity index (χ3v) is 17.5. The molecule has 6 N–H and O–H groups in total. The molecule has 15 atom stereocenters. The van der Waals surface area contributed by atoms with Crippen molar-refractivity contribution in [3.63, 3.8) is 0 Å². The van der Waals surface area contributed by atoms with E-state index in [9.17, 15) is 18.5 Å². The Morgan fingerprint density at radius 1 is 0.489 bits per heavy atom. The highest BCUT2D eigenvalue weighted by Gasteiger charge is 2.45. The topological polar surface area (TPSA) is 222 Å². The number of piperidine rings is 3. The molecule has 3 aromatic carbocycles. The Bertz CT molecular complexity index is 4030. The average Bonchev–Trinajstić information content (AvgIpc) is 0.724. The van der Waals surface area contributed by atoms with E-state index in [-0.39, 0.29) is 86.2 Å². The summed E-state index contributed by atoms with van der Waals surface area (Å²) in [5, 5.41) is 0. The summed E-state index contributed by atoms with van der Waals surface area (Å²) in [6, 6.07) is 3.02. The quantitative estimate of drug-likeness (QED) is 0.0666. The summed E-state index contributed by atoms with van der Waals surface area (Å²) in [7, 11) is 0.266. The molecule has 9 rings (SSSR count). The van der Waals surface area contributed by atoms with Gasteiger partial charge in [-0.2, -0.15) is 0 Å². The van der Waals surface area contributed by atoms with Crippen LogP contribution >= 0.6 is 0 Å². The van der Waals surface area contributed by atoms with Gasteiger partial charge in [-0.15, -0.1) is 0 Å². The van der Waals surface area contributed by atoms with E-state index in [0.717, 1.165) is 31.9 Å². The fourth-order valence-electron chi connectivity index (χ4n) is 12.3. The fraction of sp³-hybridized carbons (Fsp3) is 0.708. The lowest BCUT2D eigenvalue weighted by Crippen LogP contribution is -2.51. The van der Waals surface area contributed by atoms with Crippen molar-refractivity contribution in [2.45, 2.75) is 195 Å². The van der Waals surface area contributed by atoms with Gasteiger partial charge in [0, 0.05) is 119 Å². The lowest BCUT2D eigenvalue weighted by molar-refractivity contribution is -0.161. The van der Waals surface area contributed by atoms with E-state index in [1.165, 1.54) is 40.6 Å². The van der Waals surface area contributed by atoms with Gasteiger partial charge in [-0.3, -0.25) is 29.1 Å². The van der Waals surface area contributed by atoms with Gasteiger partial charge in [0.2, 0.25) is 0 Å². The van der Waals surface area contributed by atoms with Crippen molar-refractivity contribution in [1.82, 2.24) is 14.7 Å². The van der Waals surface area contributed by atoms with Gasteiger partial charge in [0.1, 0.15) is 36.4 Å². The summed E-state index contributed by atoms with van der Waals surface area (Å²) >= 11 is 0. The second-order valence-electron chi connectivity index (χ2n) is 24.8. The minimum Gasteiger partial charge on any atom is -0.493 e. The summed E-state index contributed by atoms with van der Waals surface area (Å²) < 4.78 is 272. The van der Waals surface area contributed by atoms with E-state index in [2.05, 4.69) is 0 Å². The number of nitrogens with two attached hydrogens (primary N) is 3. The van der Waals surface area contributed by atoms with Crippen LogP contribution in [0.1, 0.15) is 210 Å². The number of carbonyl (C=O) groups excluding carboxylic acids is 3. The Balaban J connectivity index is 0.000000243. The SMILES string of the molecule is [2H]C([2H])([2H])Oc1cc2c(cc1OC)C1([2H])CC(OC(=O)[C@@H](N)C(C)C)C(C([2H])([2H])C([2H])(C)C([2H])([2H])[2H])CN1CC2.[2H]C([2H])([2H])Oc1cc2c(cc1OC)C1CC([2H])(OC(=O)[C@@H](N)C(C)C)C(C([2H])([2H])C([2H])(C)C([2H])([2H])[2H])CN1CC2.[2H]C12CC(OC(=O)[C@@H](N)C(C)C)C(C([2H])([2H])C([2H])(C)C([2H])([2H])[2H])CN1CCc1cc(OC)c(OC)cc12. The van der Waals surface area contributed by atoms with Crippen molar-refractivity contribution in [3.8, 4) is 34.5 Å². The summed E-state index contributed by atoms with van der Waals surface area (Å²) in [6.45, 7) is 4.96. The van der Waals surface area contributed by atoms with Gasteiger partial charge in [-0.1, -0.05) is 82.9 Å². The zero-order valence-electron chi connectivity index (χ0n) is 81.4. The maximum atomic E-state index is 13.0. The maximum absolute atomic E-state index is 13.0. The zero-order chi connectivity index (χ0) is 89.4. The first-order valence-corrected chi connectivity index (χ1v) is 30.7. The first kappa shape index (κ1) is 42.8. The third-order valence-electron chi connectivity index (χ3n) is 17.5. The van der Waals surface area contributed by atoms with Crippen molar-refractivity contribution in [2.75, 3.05) is 81.8 Å². The Morgan fingerprint density at radius 2 is 0.822 bits per heavy atom. The molecule has 6 aliphatic heterocycles. The fourth-order valence-corrected chi connectivity index (χ4v) is 12.3. The third kappa shape index (κ3) is 17.5. The molecule has 3 saturated heterocycles. The number of methoxy groups -OCH3 is 6. The predicted molar refractivity (Wildman–Crippen MR) is 353 cm³/mol. The van der Waals surface area contributed by atoms with Gasteiger partial charge in [0.25, 0.3) is 0 Å². The molecule has 0 radical (unpaired) electrons. The first-order chi connectivity index (χ1) is 53.0. The van der Waals surface area contributed by atoms with E-state index in [4.69, 9.17) is 92.7 Å². The standard InChI is InChI=1S/3C24H38N2O4/c3*1-14(2)9-17-13-26-8-7-16-10-21(28-5)22(29-6)11-18(16)19(26)12-20(17)30-24(27)23(25)15(3)4/h3*10-11,14-15,17,19-20,23H,7-9,12-13,25H2,1-6H3/t3*17?,19?,20?,23-/m000/s1/i1D3,5D3,9D2,14D,20D;1D3,5D3,9D2,14D,19D;1D3,9D2,14D,19D/t3*14?,17?,19?,20?,23-. The van der Waals surface area contributed by atoms with E-state index >= 15 is 0 Å². The van der Waals surface area contributed by atoms with Crippen LogP contribution in [0.4, 0.5) is 0 Å². The Hall–Kier alpha value is -5.37. The predicted octanol–water partition coefficient (Wildman–Crippen LogP) is 10.7. The monoisotopic (exact) mass is 1280 g/mol. The second kappa shape index (κ2) is 32.5. The number of ether oxygens (including phenoxy) is 9. The number of rotatable bonds is 21. The minimum absolute atomic E-state index is 0.0168. The van der Waals surface area contributed by atoms with Gasteiger partial charge in [-0.25, -0.2) is 0 Å². The van der Waals surface area contributed by atoms with Crippen LogP contribution in [0, 0.1) is 53.2 Å². The van der Waals surface area contributed by atoms with Gasteiger partial charge in [0.15, 0.2) is 34.5 Å². The summed E-state index contributed by atoms with van der Waals surface area (Å²) in [5.74, 6) is -13.8. The lowest BCUT2D eigenvalue weighted by atomic mass is 9.79. The molecule has 0 saturated carbocycles. The molecule has 3 fully saturated rings. The molecule has 0 spiro atoms. The molecular weight excluding hydrogens is 1140 g/mol. The largest absolute Gasteiger partial charge is 0.493 e. The van der Waals surface area contributed by atoms with Crippen LogP contribution in [-0.2, 0) is 47.9 Å². The highest BCUT2D eigenvalue weighted by Crippen LogP contribution is 2.48. The van der Waals surface area contributed by atoms with Gasteiger partial charge in [0.05, 0.1) is 54.9 Å². The Morgan fingerprint density at radius 3 is 1.20 bits per heavy atom. The van der Waals surface area contributed by atoms with Gasteiger partial charge in [-0.05, 0) is 144 Å². The summed E-state index contributed by atoms with van der Waals surface area (Å²) in [4.78, 5) is 44.2. The van der Waals surface area contributed by atoms with Crippen molar-refractivity contribution >= 4 is 17.9 Å². The van der Waals surface area contributed by atoms with Crippen LogP contribution in [-0.4, -0.2) is 151 Å². The highest BCUT2D eigenvalue weighted by molar-refractivity contribution is 5.77. The van der Waals surface area contributed by atoms with Crippen LogP contribution in [0.25, 0.3) is 0 Å². The number of nitrogens with zero attached hydrogens (tertiary/aromatic N) is 3. The molecule has 504 valence electrons. The molecule has 0 aromatic heterocycles. The van der Waals surface area contributed by atoms with E-state index in [1.54, 1.807) is 69.5 Å². The molecule has 18 heteroatoms. The number of esters is 3. The molecular formula is C72H114N6O12. The maximum Gasteiger partial charge on any atom is 0.323 e. The van der Waals surface area contributed by atoms with Gasteiger partial charge < -0.3 is 59.8 Å². The van der Waals surface area contributed by atoms with Crippen LogP contribution < -0.4 is 45.6 Å². The molecule has 6 aliphatic rings. The molecule has 3 aromatic rings. The molecule has 0 amide bonds. The smallest absolute Gasteiger partial charge is 0.323 e. The van der Waals surface area contributed by atoms with Crippen LogP contribution in [0.2, 0.25) is 0 Å². The van der Waals surface area contributed by atoms with E-state index < -0.39 is 162 Å². The summed E-state index contributed by atoms with van der Waals surface area (Å²) in [5.41, 5.74) is 21.9. The van der Waals surface area contributed by atoms with Crippen molar-refractivity contribution in [2.24, 2.45) is 70.4 Å². The van der Waals surface area contributed by atoms with Gasteiger partial charge >= 0.3 is 17.9 Å². The Kier molecular flexibility index (Phi) is 15.4. The number of fused-ring (bicyclic) bond motifs is 9. The van der Waals surface area contributed by atoms with E-state index in [1.807, 2.05) is 11.0 Å². The number of benzene rings is 3. The average molecular weight is 1280 g/mol. The van der Waals surface area contributed by atoms with Crippen LogP contribution in [0.5, 0.6) is 34.5 Å². The highest BCUT2D eigenvalue weighted by atomic mass is 16.6. The second-order valence-corrected chi connectivity index (χ2v) is 24.8. The van der Waals surface area contributed by atoms with E-state index in [0.29, 0.717) is 66.1 Å². The molecule has 12 unspecified atom stereocenters. The van der Waals surface area contributed by atoms with Crippen molar-refractivity contribution in [3.05, 3.63) is 69.8 Å². The van der Waals surface area contributed by atoms with Crippen molar-refractivity contribution < 1.29 is 94.0 Å². The minimum atomic E-state index is -3.03. The first-order valence-electron chi connectivity index (χ1n) is 44.2. The molecule has 6 heterocycles. The van der Waals surface area contributed by atoms with Crippen LogP contribution in [0.15, 0.2) is 36.4 Å². The molecule has 18 nitrogen and oxygen atoms in total. The number of carbonyl (C=O) groups is 3. The normalized spacial score (nSPS) is 34.9. The zero-order valence-corrected chi connectivity index (χ0v) is 54.4. The summed E-state index contributed by atoms with van der Waals surface area (Å²) in [6.07, 6.45) is -12.1. The number of hydrogen-bond acceptors (Lipinski definition) is 18. The van der Waals surface area contributed by atoms with Crippen LogP contribution in [0.3, 0.4) is 0 Å².